The van der Waals surface area contributed by atoms with Crippen molar-refractivity contribution < 1.29 is 9.22 Å². The van der Waals surface area contributed by atoms with Gasteiger partial charge in [-0.2, -0.15) is 0 Å². The highest BCUT2D eigenvalue weighted by molar-refractivity contribution is 6.73. The molecule has 0 saturated carbocycles. The number of rotatable bonds is 7. The zero-order valence-corrected chi connectivity index (χ0v) is 15.8. The molecule has 1 aromatic carbocycles. The van der Waals surface area contributed by atoms with Crippen LogP contribution in [0.1, 0.15) is 56.7 Å². The second kappa shape index (κ2) is 7.82. The zero-order valence-electron chi connectivity index (χ0n) is 14.8. The van der Waals surface area contributed by atoms with Gasteiger partial charge in [0.2, 0.25) is 0 Å². The predicted molar refractivity (Wildman–Crippen MR) is 98.5 cm³/mol. The van der Waals surface area contributed by atoms with Crippen LogP contribution in [0.3, 0.4) is 0 Å². The first-order valence-electron chi connectivity index (χ1n) is 8.63. The number of hydrogen-bond acceptors (Lipinski definition) is 3. The Morgan fingerprint density at radius 1 is 1.26 bits per heavy atom. The zero-order chi connectivity index (χ0) is 16.9. The standard InChI is InChI=1S/C19H29NO2Si/c1-15(2)23(3,4)22-19(21)12-8-7-11-18-17-10-6-5-9-16(17)13-14-20-18/h5-6,9-10,13-15,18,20H,7-8,11-12H2,1-4H3. The van der Waals surface area contributed by atoms with Crippen LogP contribution in [-0.4, -0.2) is 14.3 Å². The fourth-order valence-corrected chi connectivity index (χ4v) is 3.57. The highest BCUT2D eigenvalue weighted by Crippen LogP contribution is 2.27. The minimum Gasteiger partial charge on any atom is -0.519 e. The van der Waals surface area contributed by atoms with Crippen molar-refractivity contribution in [1.29, 1.82) is 0 Å². The van der Waals surface area contributed by atoms with E-state index in [0.717, 1.165) is 19.3 Å². The molecule has 1 N–H and O–H groups in total. The molecule has 0 bridgehead atoms. The van der Waals surface area contributed by atoms with E-state index >= 15 is 0 Å². The van der Waals surface area contributed by atoms with E-state index in [0.29, 0.717) is 18.0 Å². The van der Waals surface area contributed by atoms with E-state index in [1.807, 2.05) is 6.20 Å². The molecule has 1 aromatic rings. The van der Waals surface area contributed by atoms with Gasteiger partial charge in [-0.25, -0.2) is 0 Å². The summed E-state index contributed by atoms with van der Waals surface area (Å²) in [6.45, 7) is 8.51. The molecule has 0 fully saturated rings. The molecule has 1 heterocycles. The molecular formula is C19H29NO2Si. The fourth-order valence-electron chi connectivity index (χ4n) is 2.64. The first-order valence-corrected chi connectivity index (χ1v) is 11.6. The molecule has 0 saturated heterocycles. The monoisotopic (exact) mass is 331 g/mol. The van der Waals surface area contributed by atoms with Gasteiger partial charge in [0, 0.05) is 6.42 Å². The van der Waals surface area contributed by atoms with Crippen LogP contribution in [-0.2, 0) is 9.22 Å². The fraction of sp³-hybridized carbons (Fsp3) is 0.526. The van der Waals surface area contributed by atoms with Gasteiger partial charge < -0.3 is 9.74 Å². The summed E-state index contributed by atoms with van der Waals surface area (Å²) in [5.74, 6) is -0.0211. The largest absolute Gasteiger partial charge is 0.519 e. The van der Waals surface area contributed by atoms with Crippen molar-refractivity contribution in [3.8, 4) is 0 Å². The lowest BCUT2D eigenvalue weighted by Crippen LogP contribution is -2.36. The van der Waals surface area contributed by atoms with Crippen LogP contribution >= 0.6 is 0 Å². The Bertz CT molecular complexity index is 566. The van der Waals surface area contributed by atoms with Crippen molar-refractivity contribution >= 4 is 20.4 Å². The lowest BCUT2D eigenvalue weighted by molar-refractivity contribution is -0.135. The summed E-state index contributed by atoms with van der Waals surface area (Å²) in [6.07, 6.45) is 7.64. The van der Waals surface area contributed by atoms with Gasteiger partial charge in [0.1, 0.15) is 0 Å². The molecule has 1 aliphatic heterocycles. The Hall–Kier alpha value is -1.55. The van der Waals surface area contributed by atoms with Gasteiger partial charge >= 0.3 is 0 Å². The van der Waals surface area contributed by atoms with E-state index in [-0.39, 0.29) is 5.97 Å². The average molecular weight is 332 g/mol. The summed E-state index contributed by atoms with van der Waals surface area (Å²) in [6, 6.07) is 8.84. The van der Waals surface area contributed by atoms with Gasteiger partial charge in [-0.1, -0.05) is 44.5 Å². The molecule has 1 aliphatic rings. The first kappa shape index (κ1) is 17.8. The summed E-state index contributed by atoms with van der Waals surface area (Å²) >= 11 is 0. The van der Waals surface area contributed by atoms with Gasteiger partial charge in [-0.15, -0.1) is 0 Å². The molecule has 3 nitrogen and oxygen atoms in total. The van der Waals surface area contributed by atoms with Crippen molar-refractivity contribution in [3.63, 3.8) is 0 Å². The summed E-state index contributed by atoms with van der Waals surface area (Å²) in [5.41, 5.74) is 3.10. The van der Waals surface area contributed by atoms with Crippen molar-refractivity contribution in [2.45, 2.75) is 64.2 Å². The lowest BCUT2D eigenvalue weighted by Gasteiger charge is -2.26. The highest BCUT2D eigenvalue weighted by atomic mass is 28.4. The second-order valence-corrected chi connectivity index (χ2v) is 11.7. The summed E-state index contributed by atoms with van der Waals surface area (Å²) in [5, 5.41) is 3.43. The molecular weight excluding hydrogens is 302 g/mol. The Labute approximate surface area is 141 Å². The maximum absolute atomic E-state index is 12.0. The van der Waals surface area contributed by atoms with Crippen molar-refractivity contribution in [2.75, 3.05) is 0 Å². The number of carbonyl (C=O) groups is 1. The Kier molecular flexibility index (Phi) is 6.05. The van der Waals surface area contributed by atoms with Crippen molar-refractivity contribution in [3.05, 3.63) is 41.6 Å². The average Bonchev–Trinajstić information content (AvgIpc) is 2.51. The van der Waals surface area contributed by atoms with E-state index in [4.69, 9.17) is 4.43 Å². The molecule has 0 aromatic heterocycles. The second-order valence-electron chi connectivity index (χ2n) is 7.16. The van der Waals surface area contributed by atoms with Gasteiger partial charge in [-0.05, 0) is 54.9 Å². The third kappa shape index (κ3) is 4.96. The Balaban J connectivity index is 1.74. The molecule has 2 rings (SSSR count). The molecule has 23 heavy (non-hydrogen) atoms. The number of fused-ring (bicyclic) bond motifs is 1. The Morgan fingerprint density at radius 3 is 2.74 bits per heavy atom. The summed E-state index contributed by atoms with van der Waals surface area (Å²) < 4.78 is 5.72. The Morgan fingerprint density at radius 2 is 2.00 bits per heavy atom. The molecule has 0 aliphatic carbocycles. The van der Waals surface area contributed by atoms with Gasteiger partial charge in [0.15, 0.2) is 0 Å². The van der Waals surface area contributed by atoms with Crippen LogP contribution in [0.4, 0.5) is 0 Å². The molecule has 126 valence electrons. The maximum Gasteiger partial charge on any atom is 0.292 e. The van der Waals surface area contributed by atoms with Crippen LogP contribution in [0.2, 0.25) is 18.6 Å². The third-order valence-electron chi connectivity index (χ3n) is 4.82. The maximum atomic E-state index is 12.0. The van der Waals surface area contributed by atoms with E-state index in [2.05, 4.69) is 62.6 Å². The third-order valence-corrected chi connectivity index (χ3v) is 8.36. The number of carbonyl (C=O) groups excluding carboxylic acids is 1. The molecule has 0 radical (unpaired) electrons. The van der Waals surface area contributed by atoms with Crippen LogP contribution in [0.25, 0.3) is 6.08 Å². The summed E-state index contributed by atoms with van der Waals surface area (Å²) in [7, 11) is -1.85. The van der Waals surface area contributed by atoms with Crippen LogP contribution < -0.4 is 5.32 Å². The van der Waals surface area contributed by atoms with Gasteiger partial charge in [0.05, 0.1) is 6.04 Å². The number of nitrogens with one attached hydrogen (secondary N) is 1. The van der Waals surface area contributed by atoms with E-state index < -0.39 is 8.32 Å². The van der Waals surface area contributed by atoms with Gasteiger partial charge in [-0.3, -0.25) is 4.79 Å². The number of benzene rings is 1. The minimum atomic E-state index is -1.85. The lowest BCUT2D eigenvalue weighted by atomic mass is 9.94. The molecule has 4 heteroatoms. The minimum absolute atomic E-state index is 0.0211. The van der Waals surface area contributed by atoms with E-state index in [1.54, 1.807) is 0 Å². The quantitative estimate of drug-likeness (QED) is 0.563. The number of unbranched alkanes of at least 4 members (excludes halogenated alkanes) is 1. The normalized spacial score (nSPS) is 16.8. The van der Waals surface area contributed by atoms with E-state index in [9.17, 15) is 4.79 Å². The van der Waals surface area contributed by atoms with Crippen LogP contribution in [0.5, 0.6) is 0 Å². The SMILES string of the molecule is CC(C)[Si](C)(C)OC(=O)CCCCC1NC=Cc2ccccc21. The molecule has 1 unspecified atom stereocenters. The number of hydrogen-bond donors (Lipinski definition) is 1. The van der Waals surface area contributed by atoms with Crippen LogP contribution in [0, 0.1) is 0 Å². The predicted octanol–water partition coefficient (Wildman–Crippen LogP) is 5.02. The van der Waals surface area contributed by atoms with Crippen molar-refractivity contribution in [2.24, 2.45) is 0 Å². The topological polar surface area (TPSA) is 38.3 Å². The molecule has 0 spiro atoms. The van der Waals surface area contributed by atoms with Gasteiger partial charge in [0.25, 0.3) is 14.3 Å². The molecule has 1 atom stereocenters. The highest BCUT2D eigenvalue weighted by Gasteiger charge is 2.30. The first-order chi connectivity index (χ1) is 10.9. The van der Waals surface area contributed by atoms with E-state index in [1.165, 1.54) is 11.1 Å². The smallest absolute Gasteiger partial charge is 0.292 e. The molecule has 0 amide bonds. The van der Waals surface area contributed by atoms with Crippen molar-refractivity contribution in [1.82, 2.24) is 5.32 Å². The summed E-state index contributed by atoms with van der Waals surface area (Å²) in [4.78, 5) is 12.0. The van der Waals surface area contributed by atoms with Crippen LogP contribution in [0.15, 0.2) is 30.5 Å².